The summed E-state index contributed by atoms with van der Waals surface area (Å²) in [5.74, 6) is -0.176. The fourth-order valence-corrected chi connectivity index (χ4v) is 2.32. The van der Waals surface area contributed by atoms with Crippen molar-refractivity contribution >= 4 is 38.3 Å². The molecule has 0 unspecified atom stereocenters. The van der Waals surface area contributed by atoms with Gasteiger partial charge in [0.2, 0.25) is 5.13 Å². The monoisotopic (exact) mass is 311 g/mol. The number of nitrogens with one attached hydrogen (secondary N) is 1. The molecule has 88 valence electrons. The van der Waals surface area contributed by atoms with Gasteiger partial charge in [-0.15, -0.1) is 10.2 Å². The van der Waals surface area contributed by atoms with E-state index < -0.39 is 0 Å². The van der Waals surface area contributed by atoms with E-state index in [-0.39, 0.29) is 5.91 Å². The van der Waals surface area contributed by atoms with Crippen LogP contribution in [0.25, 0.3) is 0 Å². The minimum absolute atomic E-state index is 0.176. The Labute approximate surface area is 111 Å². The second-order valence-electron chi connectivity index (χ2n) is 3.32. The Hall–Kier alpha value is -1.27. The van der Waals surface area contributed by atoms with Crippen molar-refractivity contribution < 1.29 is 4.79 Å². The maximum absolute atomic E-state index is 11.9. The maximum Gasteiger partial charge on any atom is 0.257 e. The molecule has 1 aromatic carbocycles. The molecule has 0 saturated carbocycles. The predicted molar refractivity (Wildman–Crippen MR) is 71.4 cm³/mol. The van der Waals surface area contributed by atoms with Crippen molar-refractivity contribution in [2.24, 2.45) is 0 Å². The number of amides is 1. The molecule has 0 spiro atoms. The topological polar surface area (TPSA) is 54.9 Å². The Balaban J connectivity index is 2.11. The molecule has 6 heteroatoms. The van der Waals surface area contributed by atoms with Crippen molar-refractivity contribution in [2.75, 3.05) is 5.32 Å². The Kier molecular flexibility index (Phi) is 3.86. The van der Waals surface area contributed by atoms with E-state index in [4.69, 9.17) is 0 Å². The largest absolute Gasteiger partial charge is 0.296 e. The van der Waals surface area contributed by atoms with Gasteiger partial charge in [-0.3, -0.25) is 10.1 Å². The highest BCUT2D eigenvalue weighted by atomic mass is 79.9. The summed E-state index contributed by atoms with van der Waals surface area (Å²) in [6.45, 7) is 2.00. The predicted octanol–water partition coefficient (Wildman–Crippen LogP) is 3.12. The summed E-state index contributed by atoms with van der Waals surface area (Å²) in [4.78, 5) is 11.9. The molecule has 0 aliphatic carbocycles. The second-order valence-corrected chi connectivity index (χ2v) is 5.30. The summed E-state index contributed by atoms with van der Waals surface area (Å²) in [7, 11) is 0. The third-order valence-electron chi connectivity index (χ3n) is 2.08. The van der Waals surface area contributed by atoms with Gasteiger partial charge < -0.3 is 0 Å². The Morgan fingerprint density at radius 1 is 1.47 bits per heavy atom. The van der Waals surface area contributed by atoms with Crippen LogP contribution >= 0.6 is 27.3 Å². The van der Waals surface area contributed by atoms with Crippen molar-refractivity contribution in [3.05, 3.63) is 39.3 Å². The minimum Gasteiger partial charge on any atom is -0.296 e. The summed E-state index contributed by atoms with van der Waals surface area (Å²) < 4.78 is 0.872. The second kappa shape index (κ2) is 5.37. The molecule has 1 aromatic heterocycles. The molecule has 0 aliphatic rings. The van der Waals surface area contributed by atoms with E-state index in [0.717, 1.165) is 15.9 Å². The van der Waals surface area contributed by atoms with E-state index in [9.17, 15) is 4.79 Å². The number of nitrogens with zero attached hydrogens (tertiary/aromatic N) is 2. The van der Waals surface area contributed by atoms with E-state index in [2.05, 4.69) is 31.4 Å². The number of aromatic nitrogens is 2. The smallest absolute Gasteiger partial charge is 0.257 e. The molecule has 0 fully saturated rings. The zero-order valence-corrected chi connectivity index (χ0v) is 11.5. The van der Waals surface area contributed by atoms with Crippen molar-refractivity contribution in [1.82, 2.24) is 10.2 Å². The summed E-state index contributed by atoms with van der Waals surface area (Å²) in [6.07, 6.45) is 0.824. The van der Waals surface area contributed by atoms with Crippen molar-refractivity contribution in [2.45, 2.75) is 13.3 Å². The van der Waals surface area contributed by atoms with Gasteiger partial charge in [-0.1, -0.05) is 40.3 Å². The number of aryl methyl sites for hydroxylation is 1. The van der Waals surface area contributed by atoms with Gasteiger partial charge in [0.1, 0.15) is 5.01 Å². The van der Waals surface area contributed by atoms with E-state index in [1.54, 1.807) is 12.1 Å². The van der Waals surface area contributed by atoms with Crippen LogP contribution in [0.3, 0.4) is 0 Å². The Bertz CT molecular complexity index is 541. The van der Waals surface area contributed by atoms with Gasteiger partial charge in [0.25, 0.3) is 5.91 Å². The van der Waals surface area contributed by atoms with Crippen molar-refractivity contribution in [1.29, 1.82) is 0 Å². The van der Waals surface area contributed by atoms with Crippen LogP contribution in [0.1, 0.15) is 22.3 Å². The van der Waals surface area contributed by atoms with Crippen LogP contribution < -0.4 is 5.32 Å². The van der Waals surface area contributed by atoms with Gasteiger partial charge >= 0.3 is 0 Å². The van der Waals surface area contributed by atoms with Gasteiger partial charge in [0.15, 0.2) is 0 Å². The number of halogens is 1. The lowest BCUT2D eigenvalue weighted by molar-refractivity contribution is 0.102. The zero-order valence-electron chi connectivity index (χ0n) is 9.11. The molecule has 0 atom stereocenters. The lowest BCUT2D eigenvalue weighted by Gasteiger charge is -2.01. The quantitative estimate of drug-likeness (QED) is 0.947. The number of carbonyl (C=O) groups is 1. The van der Waals surface area contributed by atoms with Crippen LogP contribution in [0.5, 0.6) is 0 Å². The third kappa shape index (κ3) is 3.10. The molecule has 0 aliphatic heterocycles. The van der Waals surface area contributed by atoms with Crippen LogP contribution in [-0.2, 0) is 6.42 Å². The first-order chi connectivity index (χ1) is 8.19. The van der Waals surface area contributed by atoms with Crippen molar-refractivity contribution in [3.63, 3.8) is 0 Å². The summed E-state index contributed by atoms with van der Waals surface area (Å²) in [6, 6.07) is 7.20. The van der Waals surface area contributed by atoms with Gasteiger partial charge in [-0.25, -0.2) is 0 Å². The van der Waals surface area contributed by atoms with E-state index >= 15 is 0 Å². The average Bonchev–Trinajstić information content (AvgIpc) is 2.77. The van der Waals surface area contributed by atoms with Gasteiger partial charge in [0.05, 0.1) is 0 Å². The van der Waals surface area contributed by atoms with Gasteiger partial charge in [-0.2, -0.15) is 0 Å². The molecule has 1 heterocycles. The molecule has 0 saturated heterocycles. The summed E-state index contributed by atoms with van der Waals surface area (Å²) >= 11 is 4.72. The zero-order chi connectivity index (χ0) is 12.3. The van der Waals surface area contributed by atoms with Crippen LogP contribution in [0.2, 0.25) is 0 Å². The van der Waals surface area contributed by atoms with Gasteiger partial charge in [-0.05, 0) is 24.6 Å². The normalized spacial score (nSPS) is 10.2. The molecule has 2 rings (SSSR count). The first-order valence-electron chi connectivity index (χ1n) is 5.08. The molecule has 1 N–H and O–H groups in total. The molecule has 0 radical (unpaired) electrons. The summed E-state index contributed by atoms with van der Waals surface area (Å²) in [5, 5.41) is 12.0. The maximum atomic E-state index is 11.9. The van der Waals surface area contributed by atoms with Crippen LogP contribution in [0.4, 0.5) is 5.13 Å². The molecule has 1 amide bonds. The van der Waals surface area contributed by atoms with Crippen molar-refractivity contribution in [3.8, 4) is 0 Å². The van der Waals surface area contributed by atoms with Crippen LogP contribution in [0, 0.1) is 0 Å². The number of rotatable bonds is 3. The van der Waals surface area contributed by atoms with Crippen LogP contribution in [-0.4, -0.2) is 16.1 Å². The first-order valence-corrected chi connectivity index (χ1v) is 6.69. The highest BCUT2D eigenvalue weighted by Gasteiger charge is 2.09. The third-order valence-corrected chi connectivity index (χ3v) is 3.55. The molecule has 2 aromatic rings. The highest BCUT2D eigenvalue weighted by molar-refractivity contribution is 9.10. The Morgan fingerprint density at radius 2 is 2.29 bits per heavy atom. The molecular weight excluding hydrogens is 302 g/mol. The number of carbonyl (C=O) groups excluding carboxylic acids is 1. The SMILES string of the molecule is CCc1nnc(NC(=O)c2cccc(Br)c2)s1. The fourth-order valence-electron chi connectivity index (χ4n) is 1.25. The lowest BCUT2D eigenvalue weighted by atomic mass is 10.2. The van der Waals surface area contributed by atoms with Gasteiger partial charge in [0, 0.05) is 10.0 Å². The highest BCUT2D eigenvalue weighted by Crippen LogP contribution is 2.17. The van der Waals surface area contributed by atoms with E-state index in [1.165, 1.54) is 11.3 Å². The first kappa shape index (κ1) is 12.2. The summed E-state index contributed by atoms with van der Waals surface area (Å²) in [5.41, 5.74) is 0.590. The lowest BCUT2D eigenvalue weighted by Crippen LogP contribution is -2.11. The fraction of sp³-hybridized carbons (Fsp3) is 0.182. The number of benzene rings is 1. The molecule has 17 heavy (non-hydrogen) atoms. The van der Waals surface area contributed by atoms with E-state index in [1.807, 2.05) is 19.1 Å². The number of hydrogen-bond acceptors (Lipinski definition) is 4. The Morgan fingerprint density at radius 3 is 2.94 bits per heavy atom. The standard InChI is InChI=1S/C11H10BrN3OS/c1-2-9-14-15-11(17-9)13-10(16)7-4-3-5-8(12)6-7/h3-6H,2H2,1H3,(H,13,15,16). The number of hydrogen-bond donors (Lipinski definition) is 1. The minimum atomic E-state index is -0.176. The van der Waals surface area contributed by atoms with E-state index in [0.29, 0.717) is 10.7 Å². The number of anilines is 1. The van der Waals surface area contributed by atoms with Crippen LogP contribution in [0.15, 0.2) is 28.7 Å². The molecule has 0 bridgehead atoms. The molecular formula is C11H10BrN3OS. The average molecular weight is 312 g/mol. The molecule has 4 nitrogen and oxygen atoms in total.